The number of rotatable bonds is 2. The summed E-state index contributed by atoms with van der Waals surface area (Å²) < 4.78 is 0. The summed E-state index contributed by atoms with van der Waals surface area (Å²) in [4.78, 5) is 22.5. The summed E-state index contributed by atoms with van der Waals surface area (Å²) in [7, 11) is 0. The van der Waals surface area contributed by atoms with Crippen LogP contribution in [0.1, 0.15) is 17.3 Å². The molecule has 0 aromatic heterocycles. The molecular formula is C11H12N2O3. The number of hydrogen-bond donors (Lipinski definition) is 2. The van der Waals surface area contributed by atoms with Gasteiger partial charge in [-0.15, -0.1) is 0 Å². The van der Waals surface area contributed by atoms with Gasteiger partial charge in [-0.3, -0.25) is 4.79 Å². The van der Waals surface area contributed by atoms with E-state index in [0.717, 1.165) is 0 Å². The van der Waals surface area contributed by atoms with Gasteiger partial charge in [-0.25, -0.2) is 15.2 Å². The minimum Gasteiger partial charge on any atom is -0.478 e. The molecule has 1 unspecified atom stereocenters. The molecule has 16 heavy (non-hydrogen) atoms. The Kier molecular flexibility index (Phi) is 2.62. The van der Waals surface area contributed by atoms with Gasteiger partial charge < -0.3 is 5.11 Å². The summed E-state index contributed by atoms with van der Waals surface area (Å²) in [6.45, 7) is 2.41. The molecule has 84 valence electrons. The summed E-state index contributed by atoms with van der Waals surface area (Å²) in [5.74, 6) is -1.11. The summed E-state index contributed by atoms with van der Waals surface area (Å²) in [6, 6.07) is 6.30. The standard InChI is InChI=1S/C11H12N2O3/c1-7-6-12-13(10(7)14)9-4-2-3-8(5-9)11(15)16/h2-5,7,12H,6H2,1H3,(H,15,16). The Morgan fingerprint density at radius 1 is 1.56 bits per heavy atom. The Bertz CT molecular complexity index is 445. The molecule has 1 fully saturated rings. The summed E-state index contributed by atoms with van der Waals surface area (Å²) in [6.07, 6.45) is 0. The van der Waals surface area contributed by atoms with Crippen molar-refractivity contribution < 1.29 is 14.7 Å². The molecule has 1 saturated heterocycles. The predicted octanol–water partition coefficient (Wildman–Crippen LogP) is 0.872. The van der Waals surface area contributed by atoms with E-state index < -0.39 is 5.97 Å². The van der Waals surface area contributed by atoms with Crippen molar-refractivity contribution in [3.63, 3.8) is 0 Å². The van der Waals surface area contributed by atoms with Crippen molar-refractivity contribution in [2.45, 2.75) is 6.92 Å². The molecule has 1 heterocycles. The quantitative estimate of drug-likeness (QED) is 0.776. The minimum atomic E-state index is -0.999. The number of nitrogens with zero attached hydrogens (tertiary/aromatic N) is 1. The second-order valence-corrected chi connectivity index (χ2v) is 3.79. The smallest absolute Gasteiger partial charge is 0.335 e. The van der Waals surface area contributed by atoms with Gasteiger partial charge in [0, 0.05) is 6.54 Å². The Hall–Kier alpha value is -1.88. The monoisotopic (exact) mass is 220 g/mol. The van der Waals surface area contributed by atoms with Crippen LogP contribution in [0.4, 0.5) is 5.69 Å². The van der Waals surface area contributed by atoms with Crippen LogP contribution in [-0.4, -0.2) is 23.5 Å². The highest BCUT2D eigenvalue weighted by atomic mass is 16.4. The number of carbonyl (C=O) groups is 2. The van der Waals surface area contributed by atoms with E-state index in [2.05, 4.69) is 5.43 Å². The van der Waals surface area contributed by atoms with Crippen LogP contribution in [0.15, 0.2) is 24.3 Å². The van der Waals surface area contributed by atoms with Gasteiger partial charge in [0.25, 0.3) is 0 Å². The molecule has 0 saturated carbocycles. The van der Waals surface area contributed by atoms with Crippen LogP contribution in [-0.2, 0) is 4.79 Å². The minimum absolute atomic E-state index is 0.0393. The molecule has 1 atom stereocenters. The molecule has 5 nitrogen and oxygen atoms in total. The van der Waals surface area contributed by atoms with Gasteiger partial charge in [0.15, 0.2) is 0 Å². The molecule has 0 bridgehead atoms. The van der Waals surface area contributed by atoms with Crippen LogP contribution in [0.25, 0.3) is 0 Å². The van der Waals surface area contributed by atoms with E-state index in [9.17, 15) is 9.59 Å². The molecule has 5 heteroatoms. The van der Waals surface area contributed by atoms with Crippen LogP contribution in [0.5, 0.6) is 0 Å². The van der Waals surface area contributed by atoms with Crippen LogP contribution in [0.2, 0.25) is 0 Å². The number of benzene rings is 1. The number of amides is 1. The van der Waals surface area contributed by atoms with E-state index in [0.29, 0.717) is 12.2 Å². The average Bonchev–Trinajstić information content (AvgIpc) is 2.60. The van der Waals surface area contributed by atoms with Crippen LogP contribution < -0.4 is 10.4 Å². The van der Waals surface area contributed by atoms with Crippen molar-refractivity contribution >= 4 is 17.6 Å². The van der Waals surface area contributed by atoms with Gasteiger partial charge in [0.05, 0.1) is 17.2 Å². The van der Waals surface area contributed by atoms with Gasteiger partial charge >= 0.3 is 5.97 Å². The first-order valence-electron chi connectivity index (χ1n) is 5.00. The van der Waals surface area contributed by atoms with E-state index in [1.165, 1.54) is 17.1 Å². The lowest BCUT2D eigenvalue weighted by Crippen LogP contribution is -2.34. The number of hydrazine groups is 1. The first-order valence-corrected chi connectivity index (χ1v) is 5.00. The lowest BCUT2D eigenvalue weighted by atomic mass is 10.1. The highest BCUT2D eigenvalue weighted by molar-refractivity contribution is 5.97. The van der Waals surface area contributed by atoms with Gasteiger partial charge in [0.1, 0.15) is 0 Å². The lowest BCUT2D eigenvalue weighted by molar-refractivity contribution is -0.119. The maximum atomic E-state index is 11.7. The van der Waals surface area contributed by atoms with Crippen molar-refractivity contribution in [1.82, 2.24) is 5.43 Å². The van der Waals surface area contributed by atoms with Gasteiger partial charge in [-0.1, -0.05) is 13.0 Å². The van der Waals surface area contributed by atoms with Crippen LogP contribution >= 0.6 is 0 Å². The van der Waals surface area contributed by atoms with Crippen molar-refractivity contribution in [3.05, 3.63) is 29.8 Å². The molecule has 1 aromatic carbocycles. The van der Waals surface area contributed by atoms with E-state index in [1.54, 1.807) is 12.1 Å². The molecule has 2 N–H and O–H groups in total. The number of carbonyl (C=O) groups excluding carboxylic acids is 1. The summed E-state index contributed by atoms with van der Waals surface area (Å²) >= 11 is 0. The maximum absolute atomic E-state index is 11.7. The normalized spacial score (nSPS) is 20.2. The molecule has 2 rings (SSSR count). The van der Waals surface area contributed by atoms with Crippen LogP contribution in [0, 0.1) is 5.92 Å². The fraction of sp³-hybridized carbons (Fsp3) is 0.273. The number of anilines is 1. The Morgan fingerprint density at radius 2 is 2.31 bits per heavy atom. The van der Waals surface area contributed by atoms with Gasteiger partial charge in [-0.05, 0) is 18.2 Å². The zero-order chi connectivity index (χ0) is 11.7. The third kappa shape index (κ3) is 1.77. The number of hydrogen-bond acceptors (Lipinski definition) is 3. The molecule has 0 spiro atoms. The largest absolute Gasteiger partial charge is 0.478 e. The van der Waals surface area contributed by atoms with Crippen LogP contribution in [0.3, 0.4) is 0 Å². The number of aromatic carboxylic acids is 1. The van der Waals surface area contributed by atoms with E-state index in [-0.39, 0.29) is 17.4 Å². The average molecular weight is 220 g/mol. The summed E-state index contributed by atoms with van der Waals surface area (Å²) in [5.41, 5.74) is 3.67. The topological polar surface area (TPSA) is 69.6 Å². The van der Waals surface area contributed by atoms with Gasteiger partial charge in [0.2, 0.25) is 5.91 Å². The Balaban J connectivity index is 2.31. The van der Waals surface area contributed by atoms with Crippen molar-refractivity contribution in [2.24, 2.45) is 5.92 Å². The highest BCUT2D eigenvalue weighted by Gasteiger charge is 2.29. The second kappa shape index (κ2) is 3.94. The fourth-order valence-corrected chi connectivity index (χ4v) is 1.61. The zero-order valence-electron chi connectivity index (χ0n) is 8.80. The van der Waals surface area contributed by atoms with E-state index in [4.69, 9.17) is 5.11 Å². The van der Waals surface area contributed by atoms with Crippen molar-refractivity contribution in [1.29, 1.82) is 0 Å². The molecule has 0 radical (unpaired) electrons. The predicted molar refractivity (Wildman–Crippen MR) is 58.1 cm³/mol. The Labute approximate surface area is 92.6 Å². The first kappa shape index (κ1) is 10.6. The SMILES string of the molecule is CC1CNN(c2cccc(C(=O)O)c2)C1=O. The third-order valence-electron chi connectivity index (χ3n) is 2.55. The van der Waals surface area contributed by atoms with E-state index in [1.807, 2.05) is 6.92 Å². The molecule has 1 aromatic rings. The molecule has 1 amide bonds. The first-order chi connectivity index (χ1) is 7.59. The molecule has 1 aliphatic rings. The number of carboxylic acids is 1. The second-order valence-electron chi connectivity index (χ2n) is 3.79. The fourth-order valence-electron chi connectivity index (χ4n) is 1.61. The molecule has 1 aliphatic heterocycles. The number of nitrogens with one attached hydrogen (secondary N) is 1. The van der Waals surface area contributed by atoms with E-state index >= 15 is 0 Å². The third-order valence-corrected chi connectivity index (χ3v) is 2.55. The molecule has 0 aliphatic carbocycles. The van der Waals surface area contributed by atoms with Crippen molar-refractivity contribution in [3.8, 4) is 0 Å². The number of carboxylic acid groups (broad SMARTS) is 1. The van der Waals surface area contributed by atoms with Gasteiger partial charge in [-0.2, -0.15) is 0 Å². The molecular weight excluding hydrogens is 208 g/mol. The highest BCUT2D eigenvalue weighted by Crippen LogP contribution is 2.20. The van der Waals surface area contributed by atoms with Crippen molar-refractivity contribution in [2.75, 3.05) is 11.6 Å². The summed E-state index contributed by atoms with van der Waals surface area (Å²) in [5, 5.41) is 10.2. The Morgan fingerprint density at radius 3 is 2.88 bits per heavy atom. The zero-order valence-corrected chi connectivity index (χ0v) is 8.80. The lowest BCUT2D eigenvalue weighted by Gasteiger charge is -2.16. The maximum Gasteiger partial charge on any atom is 0.335 e.